The Kier molecular flexibility index (Phi) is 5.33. The van der Waals surface area contributed by atoms with E-state index in [-0.39, 0.29) is 5.57 Å². The van der Waals surface area contributed by atoms with Gasteiger partial charge in [0, 0.05) is 20.7 Å². The molecule has 0 bridgehead atoms. The molecule has 136 valence electrons. The minimum Gasteiger partial charge on any atom is -0.317 e. The van der Waals surface area contributed by atoms with Gasteiger partial charge in [-0.1, -0.05) is 12.1 Å². The number of para-hydroxylation sites is 1. The van der Waals surface area contributed by atoms with E-state index in [1.54, 1.807) is 13.0 Å². The maximum atomic E-state index is 12.7. The van der Waals surface area contributed by atoms with Crippen LogP contribution in [-0.2, 0) is 0 Å². The highest BCUT2D eigenvalue weighted by molar-refractivity contribution is 14.1. The number of carbonyl (C=O) groups excluding carboxylic acids is 1. The SMILES string of the molecule is Cc1cc(C)n(C(=O)/C(C#N)=C/c2cc(C)n(-c3ccccc3I)c2C)n1. The fourth-order valence-electron chi connectivity index (χ4n) is 3.18. The Morgan fingerprint density at radius 3 is 2.44 bits per heavy atom. The lowest BCUT2D eigenvalue weighted by molar-refractivity contribution is 0.0944. The normalized spacial score (nSPS) is 11.5. The highest BCUT2D eigenvalue weighted by Crippen LogP contribution is 2.26. The van der Waals surface area contributed by atoms with E-state index in [0.717, 1.165) is 31.9 Å². The molecule has 2 aromatic heterocycles. The first-order valence-corrected chi connectivity index (χ1v) is 9.55. The predicted molar refractivity (Wildman–Crippen MR) is 114 cm³/mol. The molecule has 0 spiro atoms. The van der Waals surface area contributed by atoms with E-state index in [1.807, 2.05) is 51.1 Å². The van der Waals surface area contributed by atoms with Gasteiger partial charge in [-0.25, -0.2) is 4.68 Å². The average Bonchev–Trinajstić information content (AvgIpc) is 3.11. The monoisotopic (exact) mass is 470 g/mol. The third-order valence-corrected chi connectivity index (χ3v) is 5.33. The summed E-state index contributed by atoms with van der Waals surface area (Å²) in [6.45, 7) is 7.63. The van der Waals surface area contributed by atoms with Gasteiger partial charge in [0.25, 0.3) is 5.91 Å². The van der Waals surface area contributed by atoms with E-state index >= 15 is 0 Å². The number of carbonyl (C=O) groups is 1. The van der Waals surface area contributed by atoms with Crippen molar-refractivity contribution in [2.45, 2.75) is 27.7 Å². The molecule has 0 unspecified atom stereocenters. The molecule has 5 nitrogen and oxygen atoms in total. The summed E-state index contributed by atoms with van der Waals surface area (Å²) in [5.41, 5.74) is 5.46. The summed E-state index contributed by atoms with van der Waals surface area (Å²) in [6, 6.07) is 13.9. The van der Waals surface area contributed by atoms with Gasteiger partial charge < -0.3 is 4.57 Å². The fourth-order valence-corrected chi connectivity index (χ4v) is 3.81. The van der Waals surface area contributed by atoms with Crippen molar-refractivity contribution >= 4 is 34.6 Å². The van der Waals surface area contributed by atoms with E-state index in [2.05, 4.69) is 44.4 Å². The van der Waals surface area contributed by atoms with Gasteiger partial charge in [-0.3, -0.25) is 4.79 Å². The van der Waals surface area contributed by atoms with Gasteiger partial charge in [0.2, 0.25) is 0 Å². The van der Waals surface area contributed by atoms with E-state index in [4.69, 9.17) is 0 Å². The van der Waals surface area contributed by atoms with Crippen LogP contribution in [-0.4, -0.2) is 20.3 Å². The summed E-state index contributed by atoms with van der Waals surface area (Å²) in [7, 11) is 0. The second-order valence-corrected chi connectivity index (χ2v) is 7.59. The third-order valence-electron chi connectivity index (χ3n) is 4.42. The number of halogens is 1. The van der Waals surface area contributed by atoms with Crippen molar-refractivity contribution in [3.63, 3.8) is 0 Å². The van der Waals surface area contributed by atoms with E-state index < -0.39 is 5.91 Å². The smallest absolute Gasteiger partial charge is 0.289 e. The van der Waals surface area contributed by atoms with Crippen LogP contribution >= 0.6 is 22.6 Å². The second kappa shape index (κ2) is 7.53. The lowest BCUT2D eigenvalue weighted by atomic mass is 10.1. The molecule has 0 saturated heterocycles. The molecule has 0 aliphatic heterocycles. The van der Waals surface area contributed by atoms with Crippen LogP contribution in [0.4, 0.5) is 0 Å². The standard InChI is InChI=1S/C21H19IN4O/c1-13-9-15(3)26(24-13)21(27)18(12-23)11-17-10-14(2)25(16(17)4)20-8-6-5-7-19(20)22/h5-11H,1-4H3/b18-11+. The quantitative estimate of drug-likeness (QED) is 0.315. The summed E-state index contributed by atoms with van der Waals surface area (Å²) in [4.78, 5) is 12.7. The first-order valence-electron chi connectivity index (χ1n) is 8.47. The maximum Gasteiger partial charge on any atom is 0.289 e. The first kappa shape index (κ1) is 19.1. The molecule has 0 atom stereocenters. The maximum absolute atomic E-state index is 12.7. The molecule has 2 heterocycles. The lowest BCUT2D eigenvalue weighted by Gasteiger charge is -2.11. The molecule has 0 amide bonds. The van der Waals surface area contributed by atoms with Crippen LogP contribution in [0.15, 0.2) is 42.0 Å². The largest absolute Gasteiger partial charge is 0.317 e. The Bertz CT molecular complexity index is 1110. The van der Waals surface area contributed by atoms with Crippen LogP contribution in [0, 0.1) is 42.6 Å². The number of nitriles is 1. The minimum absolute atomic E-state index is 0.0595. The summed E-state index contributed by atoms with van der Waals surface area (Å²) in [6.07, 6.45) is 1.65. The van der Waals surface area contributed by atoms with Gasteiger partial charge in [-0.05, 0) is 86.2 Å². The Balaban J connectivity index is 2.08. The topological polar surface area (TPSA) is 63.6 Å². The van der Waals surface area contributed by atoms with Crippen molar-refractivity contribution in [2.75, 3.05) is 0 Å². The van der Waals surface area contributed by atoms with Crippen LogP contribution in [0.2, 0.25) is 0 Å². The Hall–Kier alpha value is -2.66. The summed E-state index contributed by atoms with van der Waals surface area (Å²) in [5, 5.41) is 13.8. The molecule has 0 N–H and O–H groups in total. The average molecular weight is 470 g/mol. The Morgan fingerprint density at radius 2 is 1.85 bits per heavy atom. The van der Waals surface area contributed by atoms with Gasteiger partial charge in [0.15, 0.2) is 0 Å². The summed E-state index contributed by atoms with van der Waals surface area (Å²) >= 11 is 2.31. The zero-order chi connectivity index (χ0) is 19.7. The zero-order valence-corrected chi connectivity index (χ0v) is 17.8. The lowest BCUT2D eigenvalue weighted by Crippen LogP contribution is -2.15. The number of nitrogens with zero attached hydrogens (tertiary/aromatic N) is 4. The molecule has 0 fully saturated rings. The van der Waals surface area contributed by atoms with Crippen LogP contribution in [0.1, 0.15) is 33.1 Å². The van der Waals surface area contributed by atoms with Gasteiger partial charge in [0.05, 0.1) is 11.4 Å². The molecule has 0 saturated carbocycles. The molecule has 0 radical (unpaired) electrons. The molecule has 1 aromatic carbocycles. The molecule has 27 heavy (non-hydrogen) atoms. The number of aromatic nitrogens is 3. The van der Waals surface area contributed by atoms with Crippen LogP contribution in [0.3, 0.4) is 0 Å². The predicted octanol–water partition coefficient (Wildman–Crippen LogP) is 4.76. The van der Waals surface area contributed by atoms with E-state index in [0.29, 0.717) is 5.69 Å². The van der Waals surface area contributed by atoms with E-state index in [1.165, 1.54) is 4.68 Å². The van der Waals surface area contributed by atoms with Gasteiger partial charge in [-0.2, -0.15) is 10.4 Å². The fraction of sp³-hybridized carbons (Fsp3) is 0.190. The van der Waals surface area contributed by atoms with Crippen LogP contribution < -0.4 is 0 Å². The third kappa shape index (κ3) is 3.60. The number of allylic oxidation sites excluding steroid dienone is 1. The molecule has 3 aromatic rings. The van der Waals surface area contributed by atoms with Crippen LogP contribution in [0.5, 0.6) is 0 Å². The molecule has 0 aliphatic carbocycles. The summed E-state index contributed by atoms with van der Waals surface area (Å²) < 4.78 is 4.55. The Labute approximate surface area is 172 Å². The highest BCUT2D eigenvalue weighted by atomic mass is 127. The first-order chi connectivity index (χ1) is 12.8. The van der Waals surface area contributed by atoms with Crippen molar-refractivity contribution in [2.24, 2.45) is 0 Å². The van der Waals surface area contributed by atoms with Gasteiger partial charge in [-0.15, -0.1) is 0 Å². The Morgan fingerprint density at radius 1 is 1.15 bits per heavy atom. The molecule has 6 heteroatoms. The van der Waals surface area contributed by atoms with Crippen molar-refractivity contribution in [1.29, 1.82) is 5.26 Å². The summed E-state index contributed by atoms with van der Waals surface area (Å²) in [5.74, 6) is -0.415. The van der Waals surface area contributed by atoms with Crippen LogP contribution in [0.25, 0.3) is 11.8 Å². The number of benzene rings is 1. The molecule has 3 rings (SSSR count). The van der Waals surface area contributed by atoms with Crippen molar-refractivity contribution in [1.82, 2.24) is 14.3 Å². The number of hydrogen-bond acceptors (Lipinski definition) is 3. The van der Waals surface area contributed by atoms with Gasteiger partial charge in [0.1, 0.15) is 11.6 Å². The minimum atomic E-state index is -0.415. The number of aryl methyl sites for hydroxylation is 3. The second-order valence-electron chi connectivity index (χ2n) is 6.43. The number of hydrogen-bond donors (Lipinski definition) is 0. The van der Waals surface area contributed by atoms with Crippen molar-refractivity contribution in [3.05, 3.63) is 73.9 Å². The zero-order valence-electron chi connectivity index (χ0n) is 15.6. The molecular formula is C21H19IN4O. The molecule has 0 aliphatic rings. The highest BCUT2D eigenvalue weighted by Gasteiger charge is 2.18. The molecular weight excluding hydrogens is 451 g/mol. The van der Waals surface area contributed by atoms with E-state index in [9.17, 15) is 10.1 Å². The van der Waals surface area contributed by atoms with Crippen molar-refractivity contribution < 1.29 is 4.79 Å². The van der Waals surface area contributed by atoms with Crippen molar-refractivity contribution in [3.8, 4) is 11.8 Å². The number of rotatable bonds is 3. The van der Waals surface area contributed by atoms with Gasteiger partial charge >= 0.3 is 0 Å².